The zero-order chi connectivity index (χ0) is 42.6. The Morgan fingerprint density at radius 2 is 0.631 bits per heavy atom. The molecule has 2 spiro atoms. The van der Waals surface area contributed by atoms with E-state index >= 15 is 0 Å². The topological polar surface area (TPSA) is 26.3 Å². The number of hydrogen-bond donors (Lipinski definition) is 0. The second kappa shape index (κ2) is 12.7. The molecule has 2 aromatic heterocycles. The van der Waals surface area contributed by atoms with E-state index in [1.54, 1.807) is 0 Å². The Bertz CT molecular complexity index is 3960. The second-order valence-electron chi connectivity index (χ2n) is 17.8. The Labute approximate surface area is 383 Å². The summed E-state index contributed by atoms with van der Waals surface area (Å²) in [6.07, 6.45) is 0. The Morgan fingerprint density at radius 3 is 1.09 bits per heavy atom. The largest absolute Gasteiger partial charge is 0.455 e. The summed E-state index contributed by atoms with van der Waals surface area (Å²) in [5.41, 5.74) is 24.3. The minimum Gasteiger partial charge on any atom is -0.455 e. The lowest BCUT2D eigenvalue weighted by atomic mass is 9.70. The van der Waals surface area contributed by atoms with Gasteiger partial charge in [-0.15, -0.1) is 0 Å². The van der Waals surface area contributed by atoms with Crippen molar-refractivity contribution < 1.29 is 8.83 Å². The third-order valence-electron chi connectivity index (χ3n) is 15.1. The SMILES string of the molecule is Brc1ccc2oc3c4c(ccc3c2c1)C1(c2ccccc2-c2ccccc21)c1ccccc1-4.c1ccc2c(c1)-c1ccccc1C21c2ccccc2-c2c1ccc1c2oc2ccccc21. The van der Waals surface area contributed by atoms with Crippen LogP contribution in [0.3, 0.4) is 0 Å². The summed E-state index contributed by atoms with van der Waals surface area (Å²) < 4.78 is 14.2. The fraction of sp³-hybridized carbons (Fsp3) is 0.0323. The molecule has 12 aromatic rings. The lowest BCUT2D eigenvalue weighted by Gasteiger charge is -2.30. The summed E-state index contributed by atoms with van der Waals surface area (Å²) in [6.45, 7) is 0. The fourth-order valence-corrected chi connectivity index (χ4v) is 13.1. The van der Waals surface area contributed by atoms with Crippen LogP contribution in [0.2, 0.25) is 0 Å². The van der Waals surface area contributed by atoms with Crippen molar-refractivity contribution in [2.75, 3.05) is 0 Å². The number of para-hydroxylation sites is 1. The van der Waals surface area contributed by atoms with Crippen LogP contribution in [0.1, 0.15) is 44.5 Å². The third kappa shape index (κ3) is 4.30. The van der Waals surface area contributed by atoms with Crippen LogP contribution in [0.4, 0.5) is 0 Å². The van der Waals surface area contributed by atoms with Gasteiger partial charge in [0, 0.05) is 37.1 Å². The maximum Gasteiger partial charge on any atom is 0.143 e. The van der Waals surface area contributed by atoms with Gasteiger partial charge in [0.2, 0.25) is 0 Å². The van der Waals surface area contributed by atoms with Crippen molar-refractivity contribution in [2.45, 2.75) is 10.8 Å². The molecule has 0 saturated carbocycles. The molecule has 65 heavy (non-hydrogen) atoms. The summed E-state index contributed by atoms with van der Waals surface area (Å²) in [6, 6.07) is 77.2. The summed E-state index contributed by atoms with van der Waals surface area (Å²) in [5.74, 6) is 0. The number of hydrogen-bond acceptors (Lipinski definition) is 2. The number of furan rings is 2. The lowest BCUT2D eigenvalue weighted by molar-refractivity contribution is 0.668. The van der Waals surface area contributed by atoms with E-state index in [0.29, 0.717) is 0 Å². The maximum absolute atomic E-state index is 6.56. The Kier molecular flexibility index (Phi) is 6.99. The van der Waals surface area contributed by atoms with Crippen LogP contribution in [0.5, 0.6) is 0 Å². The second-order valence-corrected chi connectivity index (χ2v) is 18.8. The van der Waals surface area contributed by atoms with E-state index < -0.39 is 0 Å². The first-order valence-electron chi connectivity index (χ1n) is 22.4. The van der Waals surface area contributed by atoms with E-state index in [1.165, 1.54) is 99.8 Å². The summed E-state index contributed by atoms with van der Waals surface area (Å²) >= 11 is 3.63. The number of rotatable bonds is 0. The molecule has 0 bridgehead atoms. The molecule has 0 N–H and O–H groups in total. The quantitative estimate of drug-likeness (QED) is 0.152. The first-order chi connectivity index (χ1) is 32.2. The average molecular weight is 892 g/mol. The average Bonchev–Trinajstić information content (AvgIpc) is 4.19. The van der Waals surface area contributed by atoms with Gasteiger partial charge in [0.25, 0.3) is 0 Å². The van der Waals surface area contributed by atoms with Crippen LogP contribution < -0.4 is 0 Å². The minimum absolute atomic E-state index is 0.313. The van der Waals surface area contributed by atoms with E-state index in [-0.39, 0.29) is 10.8 Å². The molecule has 10 aromatic carbocycles. The molecule has 2 nitrogen and oxygen atoms in total. The third-order valence-corrected chi connectivity index (χ3v) is 15.6. The molecule has 0 unspecified atom stereocenters. The summed E-state index contributed by atoms with van der Waals surface area (Å²) in [5, 5.41) is 4.67. The smallest absolute Gasteiger partial charge is 0.143 e. The van der Waals surface area contributed by atoms with Gasteiger partial charge in [0.1, 0.15) is 22.3 Å². The van der Waals surface area contributed by atoms with Crippen molar-refractivity contribution >= 4 is 59.8 Å². The molecule has 302 valence electrons. The fourth-order valence-electron chi connectivity index (χ4n) is 12.7. The van der Waals surface area contributed by atoms with Gasteiger partial charge in [-0.3, -0.25) is 0 Å². The van der Waals surface area contributed by atoms with Crippen LogP contribution in [0, 0.1) is 0 Å². The van der Waals surface area contributed by atoms with Gasteiger partial charge in [-0.05, 0) is 102 Å². The monoisotopic (exact) mass is 890 g/mol. The Balaban J connectivity index is 0.000000120. The van der Waals surface area contributed by atoms with E-state index in [4.69, 9.17) is 8.83 Å². The highest BCUT2D eigenvalue weighted by molar-refractivity contribution is 9.10. The van der Waals surface area contributed by atoms with Gasteiger partial charge in [-0.25, -0.2) is 0 Å². The lowest BCUT2D eigenvalue weighted by Crippen LogP contribution is -2.25. The molecule has 4 aliphatic carbocycles. The first kappa shape index (κ1) is 35.7. The van der Waals surface area contributed by atoms with Gasteiger partial charge in [-0.1, -0.05) is 204 Å². The number of fused-ring (bicyclic) bond motifs is 28. The highest BCUT2D eigenvalue weighted by Gasteiger charge is 2.54. The zero-order valence-corrected chi connectivity index (χ0v) is 36.5. The number of halogens is 1. The van der Waals surface area contributed by atoms with Crippen molar-refractivity contribution in [1.82, 2.24) is 0 Å². The van der Waals surface area contributed by atoms with Crippen LogP contribution in [0.15, 0.2) is 226 Å². The van der Waals surface area contributed by atoms with Crippen molar-refractivity contribution in [3.8, 4) is 44.5 Å². The molecular formula is C62H35BrO2. The van der Waals surface area contributed by atoms with E-state index in [2.05, 4.69) is 216 Å². The molecular weight excluding hydrogens is 857 g/mol. The minimum atomic E-state index is -0.327. The normalized spacial score (nSPS) is 14.5. The van der Waals surface area contributed by atoms with Gasteiger partial charge >= 0.3 is 0 Å². The van der Waals surface area contributed by atoms with Crippen molar-refractivity contribution in [2.24, 2.45) is 0 Å². The zero-order valence-electron chi connectivity index (χ0n) is 34.9. The Hall–Kier alpha value is -7.72. The number of benzene rings is 10. The molecule has 0 saturated heterocycles. The molecule has 0 aliphatic heterocycles. The summed E-state index contributed by atoms with van der Waals surface area (Å²) in [4.78, 5) is 0. The summed E-state index contributed by atoms with van der Waals surface area (Å²) in [7, 11) is 0. The first-order valence-corrected chi connectivity index (χ1v) is 23.1. The van der Waals surface area contributed by atoms with Crippen LogP contribution in [0.25, 0.3) is 88.4 Å². The molecule has 4 aliphatic rings. The molecule has 0 radical (unpaired) electrons. The highest BCUT2D eigenvalue weighted by Crippen LogP contribution is 2.65. The van der Waals surface area contributed by atoms with Gasteiger partial charge < -0.3 is 8.83 Å². The van der Waals surface area contributed by atoms with Crippen LogP contribution >= 0.6 is 15.9 Å². The van der Waals surface area contributed by atoms with Crippen molar-refractivity contribution in [1.29, 1.82) is 0 Å². The molecule has 0 amide bonds. The molecule has 16 rings (SSSR count). The standard InChI is InChI=1S/C31H17BrO.C31H18O/c32-18-13-16-28-23(17-18)21-14-15-27-29(30(21)33-28)22-9-3-6-12-26(22)31(27)24-10-4-1-7-19(24)20-8-2-5-11-25(20)31;1-5-13-24-19(9-1)20-10-2-6-14-25(20)31(24)26-15-7-3-12-23(26)29-27(31)18-17-22-21-11-4-8-16-28(21)32-30(22)29/h1-17H;1-18H. The van der Waals surface area contributed by atoms with Crippen molar-refractivity contribution in [3.05, 3.63) is 261 Å². The molecule has 3 heteroatoms. The van der Waals surface area contributed by atoms with E-state index in [1.807, 2.05) is 12.1 Å². The predicted octanol–water partition coefficient (Wildman–Crippen LogP) is 16.6. The van der Waals surface area contributed by atoms with Gasteiger partial charge in [0.05, 0.1) is 10.8 Å². The molecule has 0 atom stereocenters. The van der Waals surface area contributed by atoms with E-state index in [0.717, 1.165) is 37.6 Å². The predicted molar refractivity (Wildman–Crippen MR) is 268 cm³/mol. The van der Waals surface area contributed by atoms with Crippen LogP contribution in [-0.4, -0.2) is 0 Å². The highest BCUT2D eigenvalue weighted by atomic mass is 79.9. The van der Waals surface area contributed by atoms with Gasteiger partial charge in [-0.2, -0.15) is 0 Å². The maximum atomic E-state index is 6.56. The van der Waals surface area contributed by atoms with Crippen LogP contribution in [-0.2, 0) is 10.8 Å². The Morgan fingerprint density at radius 1 is 0.277 bits per heavy atom. The van der Waals surface area contributed by atoms with Crippen molar-refractivity contribution in [3.63, 3.8) is 0 Å². The molecule has 0 fully saturated rings. The molecule has 2 heterocycles. The van der Waals surface area contributed by atoms with E-state index in [9.17, 15) is 0 Å². The van der Waals surface area contributed by atoms with Gasteiger partial charge in [0.15, 0.2) is 0 Å².